The Morgan fingerprint density at radius 1 is 1.19 bits per heavy atom. The van der Waals surface area contributed by atoms with Crippen LogP contribution in [0.5, 0.6) is 0 Å². The summed E-state index contributed by atoms with van der Waals surface area (Å²) in [6, 6.07) is 10.0. The van der Waals surface area contributed by atoms with Gasteiger partial charge in [-0.2, -0.15) is 0 Å². The van der Waals surface area contributed by atoms with Crippen LogP contribution in [0, 0.1) is 0 Å². The quantitative estimate of drug-likeness (QED) is 0.805. The van der Waals surface area contributed by atoms with E-state index in [0.29, 0.717) is 5.56 Å². The summed E-state index contributed by atoms with van der Waals surface area (Å²) in [6.07, 6.45) is 4.96. The number of halogens is 1. The van der Waals surface area contributed by atoms with E-state index in [2.05, 4.69) is 20.9 Å². The lowest BCUT2D eigenvalue weighted by atomic mass is 10.0. The highest BCUT2D eigenvalue weighted by Gasteiger charge is 2.06. The second kappa shape index (κ2) is 5.03. The maximum Gasteiger partial charge on any atom is 0.151 e. The second-order valence-corrected chi connectivity index (χ2v) is 4.33. The van der Waals surface area contributed by atoms with Crippen LogP contribution < -0.4 is 0 Å². The van der Waals surface area contributed by atoms with Gasteiger partial charge in [-0.25, -0.2) is 0 Å². The molecule has 1 heterocycles. The minimum atomic E-state index is 0.679. The Morgan fingerprint density at radius 2 is 1.94 bits per heavy atom. The van der Waals surface area contributed by atoms with Crippen molar-refractivity contribution >= 4 is 22.2 Å². The molecule has 2 rings (SSSR count). The van der Waals surface area contributed by atoms with Crippen molar-refractivity contribution in [3.63, 3.8) is 0 Å². The van der Waals surface area contributed by atoms with E-state index >= 15 is 0 Å². The molecule has 0 atom stereocenters. The zero-order chi connectivity index (χ0) is 11.4. The molecule has 0 spiro atoms. The summed E-state index contributed by atoms with van der Waals surface area (Å²) in [5, 5.41) is 0. The van der Waals surface area contributed by atoms with Crippen LogP contribution >= 0.6 is 15.9 Å². The molecule has 0 saturated heterocycles. The Bertz CT molecular complexity index is 497. The molecular weight excluding hydrogens is 266 g/mol. The molecule has 0 fully saturated rings. The molecule has 2 aromatic rings. The van der Waals surface area contributed by atoms with Crippen molar-refractivity contribution in [2.24, 2.45) is 0 Å². The number of aldehydes is 1. The summed E-state index contributed by atoms with van der Waals surface area (Å²) in [7, 11) is 0. The predicted molar refractivity (Wildman–Crippen MR) is 66.6 cm³/mol. The average molecular weight is 276 g/mol. The van der Waals surface area contributed by atoms with Gasteiger partial charge >= 0.3 is 0 Å². The zero-order valence-electron chi connectivity index (χ0n) is 8.56. The Balaban J connectivity index is 2.35. The predicted octanol–water partition coefficient (Wildman–Crippen LogP) is 3.25. The fourth-order valence-electron chi connectivity index (χ4n) is 1.57. The van der Waals surface area contributed by atoms with Crippen molar-refractivity contribution in [3.05, 3.63) is 63.9 Å². The fraction of sp³-hybridized carbons (Fsp3) is 0.0769. The molecule has 0 aliphatic carbocycles. The third-order valence-electron chi connectivity index (χ3n) is 2.38. The molecule has 80 valence electrons. The largest absolute Gasteiger partial charge is 0.298 e. The van der Waals surface area contributed by atoms with Crippen molar-refractivity contribution in [1.29, 1.82) is 0 Å². The molecule has 1 aromatic heterocycles. The maximum absolute atomic E-state index is 11.0. The molecule has 3 heteroatoms. The van der Waals surface area contributed by atoms with E-state index in [0.717, 1.165) is 22.7 Å². The molecule has 0 aliphatic heterocycles. The molecule has 0 radical (unpaired) electrons. The molecule has 0 amide bonds. The first-order chi connectivity index (χ1) is 7.81. The smallest absolute Gasteiger partial charge is 0.151 e. The number of hydrogen-bond acceptors (Lipinski definition) is 2. The number of nitrogens with zero attached hydrogens (tertiary/aromatic N) is 1. The zero-order valence-corrected chi connectivity index (χ0v) is 10.1. The molecular formula is C13H10BrNO. The monoisotopic (exact) mass is 275 g/mol. The minimum Gasteiger partial charge on any atom is -0.298 e. The lowest BCUT2D eigenvalue weighted by Gasteiger charge is -2.05. The van der Waals surface area contributed by atoms with Gasteiger partial charge in [0, 0.05) is 22.4 Å². The van der Waals surface area contributed by atoms with Crippen LogP contribution in [-0.4, -0.2) is 11.3 Å². The van der Waals surface area contributed by atoms with E-state index in [1.165, 1.54) is 5.56 Å². The van der Waals surface area contributed by atoms with Gasteiger partial charge in [0.15, 0.2) is 6.29 Å². The van der Waals surface area contributed by atoms with Crippen LogP contribution in [0.25, 0.3) is 0 Å². The van der Waals surface area contributed by atoms with Gasteiger partial charge in [0.05, 0.1) is 0 Å². The highest BCUT2D eigenvalue weighted by Crippen LogP contribution is 2.19. The van der Waals surface area contributed by atoms with E-state index in [9.17, 15) is 4.79 Å². The summed E-state index contributed by atoms with van der Waals surface area (Å²) in [4.78, 5) is 15.1. The normalized spacial score (nSPS) is 10.1. The molecule has 0 bridgehead atoms. The minimum absolute atomic E-state index is 0.679. The van der Waals surface area contributed by atoms with Crippen LogP contribution in [0.4, 0.5) is 0 Å². The number of pyridine rings is 1. The van der Waals surface area contributed by atoms with Crippen molar-refractivity contribution < 1.29 is 4.79 Å². The molecule has 0 unspecified atom stereocenters. The van der Waals surface area contributed by atoms with E-state index in [1.54, 1.807) is 12.4 Å². The Kier molecular flexibility index (Phi) is 3.47. The highest BCUT2D eigenvalue weighted by atomic mass is 79.9. The molecule has 0 saturated carbocycles. The van der Waals surface area contributed by atoms with Crippen LogP contribution in [0.15, 0.2) is 47.2 Å². The van der Waals surface area contributed by atoms with Gasteiger partial charge in [0.1, 0.15) is 0 Å². The van der Waals surface area contributed by atoms with Gasteiger partial charge in [0.25, 0.3) is 0 Å². The van der Waals surface area contributed by atoms with Gasteiger partial charge in [-0.05, 0) is 33.5 Å². The second-order valence-electron chi connectivity index (χ2n) is 3.47. The Morgan fingerprint density at radius 3 is 2.62 bits per heavy atom. The number of benzene rings is 1. The Labute approximate surface area is 102 Å². The first-order valence-electron chi connectivity index (χ1n) is 4.92. The number of hydrogen-bond donors (Lipinski definition) is 0. The van der Waals surface area contributed by atoms with Crippen molar-refractivity contribution in [1.82, 2.24) is 4.98 Å². The molecule has 1 aromatic carbocycles. The lowest BCUT2D eigenvalue weighted by Crippen LogP contribution is -1.97. The fourth-order valence-corrected chi connectivity index (χ4v) is 2.04. The number of carbonyl (C=O) groups is 1. The third-order valence-corrected chi connectivity index (χ3v) is 3.01. The highest BCUT2D eigenvalue weighted by molar-refractivity contribution is 9.10. The van der Waals surface area contributed by atoms with Crippen LogP contribution in [0.3, 0.4) is 0 Å². The van der Waals surface area contributed by atoms with E-state index in [1.807, 2.05) is 30.3 Å². The van der Waals surface area contributed by atoms with Crippen molar-refractivity contribution in [3.8, 4) is 0 Å². The average Bonchev–Trinajstić information content (AvgIpc) is 2.31. The molecule has 0 N–H and O–H groups in total. The van der Waals surface area contributed by atoms with E-state index in [-0.39, 0.29) is 0 Å². The van der Waals surface area contributed by atoms with E-state index < -0.39 is 0 Å². The summed E-state index contributed by atoms with van der Waals surface area (Å²) < 4.78 is 0.746. The first kappa shape index (κ1) is 11.0. The van der Waals surface area contributed by atoms with E-state index in [4.69, 9.17) is 0 Å². The summed E-state index contributed by atoms with van der Waals surface area (Å²) in [6.45, 7) is 0. The van der Waals surface area contributed by atoms with Gasteiger partial charge in [0.2, 0.25) is 0 Å². The summed E-state index contributed by atoms with van der Waals surface area (Å²) in [5.74, 6) is 0. The van der Waals surface area contributed by atoms with Gasteiger partial charge in [-0.1, -0.05) is 30.3 Å². The Hall–Kier alpha value is -1.48. The summed E-state index contributed by atoms with van der Waals surface area (Å²) >= 11 is 3.33. The maximum atomic E-state index is 11.0. The number of rotatable bonds is 3. The van der Waals surface area contributed by atoms with Crippen LogP contribution in [0.1, 0.15) is 21.5 Å². The van der Waals surface area contributed by atoms with Crippen molar-refractivity contribution in [2.45, 2.75) is 6.42 Å². The van der Waals surface area contributed by atoms with Gasteiger partial charge < -0.3 is 0 Å². The molecule has 0 aliphatic rings. The topological polar surface area (TPSA) is 30.0 Å². The number of carbonyl (C=O) groups excluding carboxylic acids is 1. The SMILES string of the molecule is O=Cc1c(Br)cncc1Cc1ccccc1. The van der Waals surface area contributed by atoms with Crippen LogP contribution in [-0.2, 0) is 6.42 Å². The molecule has 2 nitrogen and oxygen atoms in total. The number of aromatic nitrogens is 1. The standard InChI is InChI=1S/C13H10BrNO/c14-13-8-15-7-11(12(13)9-16)6-10-4-2-1-3-5-10/h1-5,7-9H,6H2. The van der Waals surface area contributed by atoms with Crippen molar-refractivity contribution in [2.75, 3.05) is 0 Å². The first-order valence-corrected chi connectivity index (χ1v) is 5.72. The van der Waals surface area contributed by atoms with Gasteiger partial charge in [-0.15, -0.1) is 0 Å². The van der Waals surface area contributed by atoms with Crippen LogP contribution in [0.2, 0.25) is 0 Å². The molecule has 16 heavy (non-hydrogen) atoms. The third kappa shape index (κ3) is 2.36. The van der Waals surface area contributed by atoms with Gasteiger partial charge in [-0.3, -0.25) is 9.78 Å². The summed E-state index contributed by atoms with van der Waals surface area (Å²) in [5.41, 5.74) is 2.79. The lowest BCUT2D eigenvalue weighted by molar-refractivity contribution is 0.112.